The second-order valence-electron chi connectivity index (χ2n) is 5.31. The highest BCUT2D eigenvalue weighted by molar-refractivity contribution is 5.94. The molecule has 2 aromatic rings. The molecule has 118 valence electrons. The molecule has 7 nitrogen and oxygen atoms in total. The predicted octanol–water partition coefficient (Wildman–Crippen LogP) is 0.941. The highest BCUT2D eigenvalue weighted by Crippen LogP contribution is 2.25. The van der Waals surface area contributed by atoms with Crippen molar-refractivity contribution in [1.29, 1.82) is 0 Å². The van der Waals surface area contributed by atoms with E-state index in [4.69, 9.17) is 5.73 Å². The lowest BCUT2D eigenvalue weighted by atomic mass is 10.0. The monoisotopic (exact) mass is 322 g/mol. The number of carbonyl (C=O) groups is 1. The van der Waals surface area contributed by atoms with Gasteiger partial charge in [-0.2, -0.15) is 0 Å². The maximum absolute atomic E-state index is 12.4. The van der Waals surface area contributed by atoms with Gasteiger partial charge in [0.25, 0.3) is 5.91 Å². The van der Waals surface area contributed by atoms with E-state index in [1.807, 2.05) is 12.1 Å². The van der Waals surface area contributed by atoms with Crippen molar-refractivity contribution in [3.8, 4) is 5.69 Å². The number of carbonyl (C=O) groups excluding carboxylic acids is 1. The lowest BCUT2D eigenvalue weighted by Gasteiger charge is -2.19. The maximum atomic E-state index is 12.4. The van der Waals surface area contributed by atoms with E-state index in [1.54, 1.807) is 12.1 Å². The Labute approximate surface area is 134 Å². The van der Waals surface area contributed by atoms with Crippen molar-refractivity contribution in [1.82, 2.24) is 25.5 Å². The Morgan fingerprint density at radius 1 is 1.41 bits per heavy atom. The van der Waals surface area contributed by atoms with Gasteiger partial charge in [0.15, 0.2) is 0 Å². The van der Waals surface area contributed by atoms with Crippen LogP contribution in [-0.4, -0.2) is 38.7 Å². The molecule has 0 saturated heterocycles. The van der Waals surface area contributed by atoms with Crippen molar-refractivity contribution in [2.45, 2.75) is 25.3 Å². The average molecular weight is 323 g/mol. The first-order chi connectivity index (χ1) is 10.3. The molecule has 2 unspecified atom stereocenters. The van der Waals surface area contributed by atoms with Crippen LogP contribution in [0.5, 0.6) is 0 Å². The molecule has 1 heterocycles. The van der Waals surface area contributed by atoms with Crippen molar-refractivity contribution >= 4 is 18.3 Å². The van der Waals surface area contributed by atoms with Crippen LogP contribution in [-0.2, 0) is 0 Å². The van der Waals surface area contributed by atoms with Gasteiger partial charge in [-0.1, -0.05) is 12.5 Å². The molecule has 22 heavy (non-hydrogen) atoms. The third-order valence-electron chi connectivity index (χ3n) is 4.00. The van der Waals surface area contributed by atoms with Gasteiger partial charge < -0.3 is 11.1 Å². The van der Waals surface area contributed by atoms with Crippen molar-refractivity contribution in [3.63, 3.8) is 0 Å². The second kappa shape index (κ2) is 7.33. The largest absolute Gasteiger partial charge is 0.349 e. The summed E-state index contributed by atoms with van der Waals surface area (Å²) in [6.45, 7) is 0.621. The van der Waals surface area contributed by atoms with E-state index in [1.165, 1.54) is 11.0 Å². The van der Waals surface area contributed by atoms with Gasteiger partial charge in [0.05, 0.1) is 5.69 Å². The summed E-state index contributed by atoms with van der Waals surface area (Å²) < 4.78 is 1.52. The normalized spacial score (nSPS) is 20.4. The molecule has 1 aliphatic rings. The van der Waals surface area contributed by atoms with Crippen LogP contribution in [0.1, 0.15) is 29.6 Å². The highest BCUT2D eigenvalue weighted by atomic mass is 35.5. The second-order valence-corrected chi connectivity index (χ2v) is 5.31. The van der Waals surface area contributed by atoms with Crippen LogP contribution in [0.3, 0.4) is 0 Å². The summed E-state index contributed by atoms with van der Waals surface area (Å²) in [5.74, 6) is 0.312. The van der Waals surface area contributed by atoms with E-state index in [2.05, 4.69) is 20.8 Å². The van der Waals surface area contributed by atoms with Gasteiger partial charge in [0.2, 0.25) is 0 Å². The Morgan fingerprint density at radius 3 is 3.00 bits per heavy atom. The van der Waals surface area contributed by atoms with Gasteiger partial charge in [0, 0.05) is 11.6 Å². The first-order valence-corrected chi connectivity index (χ1v) is 7.12. The van der Waals surface area contributed by atoms with Gasteiger partial charge in [-0.25, -0.2) is 4.68 Å². The summed E-state index contributed by atoms with van der Waals surface area (Å²) in [5.41, 5.74) is 7.11. The first kappa shape index (κ1) is 16.4. The lowest BCUT2D eigenvalue weighted by molar-refractivity contribution is 0.0928. The Bertz CT molecular complexity index is 618. The molecule has 1 aromatic carbocycles. The zero-order valence-electron chi connectivity index (χ0n) is 12.1. The smallest absolute Gasteiger partial charge is 0.251 e. The van der Waals surface area contributed by atoms with E-state index in [0.717, 1.165) is 24.9 Å². The molecule has 8 heteroatoms. The van der Waals surface area contributed by atoms with E-state index in [-0.39, 0.29) is 24.4 Å². The number of hydrogen-bond donors (Lipinski definition) is 2. The molecule has 3 N–H and O–H groups in total. The third-order valence-corrected chi connectivity index (χ3v) is 4.00. The fraction of sp³-hybridized carbons (Fsp3) is 0.429. The minimum Gasteiger partial charge on any atom is -0.349 e. The minimum atomic E-state index is -0.0738. The Morgan fingerprint density at radius 2 is 2.27 bits per heavy atom. The van der Waals surface area contributed by atoms with Crippen molar-refractivity contribution in [3.05, 3.63) is 36.2 Å². The molecule has 1 fully saturated rings. The average Bonchev–Trinajstić information content (AvgIpc) is 3.18. The van der Waals surface area contributed by atoms with Crippen LogP contribution >= 0.6 is 12.4 Å². The number of nitrogens with one attached hydrogen (secondary N) is 1. The van der Waals surface area contributed by atoms with Crippen LogP contribution in [0.15, 0.2) is 30.6 Å². The number of hydrogen-bond acceptors (Lipinski definition) is 5. The quantitative estimate of drug-likeness (QED) is 0.873. The minimum absolute atomic E-state index is 0. The van der Waals surface area contributed by atoms with Gasteiger partial charge in [-0.3, -0.25) is 4.79 Å². The van der Waals surface area contributed by atoms with Gasteiger partial charge in [0.1, 0.15) is 6.33 Å². The molecular formula is C14H19ClN6O. The molecule has 0 bridgehead atoms. The van der Waals surface area contributed by atoms with Crippen LogP contribution < -0.4 is 11.1 Å². The third kappa shape index (κ3) is 3.42. The van der Waals surface area contributed by atoms with Crippen molar-refractivity contribution in [2.75, 3.05) is 6.54 Å². The lowest BCUT2D eigenvalue weighted by Crippen LogP contribution is -2.39. The summed E-state index contributed by atoms with van der Waals surface area (Å²) >= 11 is 0. The fourth-order valence-electron chi connectivity index (χ4n) is 2.83. The number of tetrazole rings is 1. The van der Waals surface area contributed by atoms with Crippen LogP contribution in [0.4, 0.5) is 0 Å². The summed E-state index contributed by atoms with van der Waals surface area (Å²) in [6.07, 6.45) is 4.71. The van der Waals surface area contributed by atoms with E-state index in [9.17, 15) is 4.79 Å². The molecule has 1 aromatic heterocycles. The number of nitrogens with zero attached hydrogens (tertiary/aromatic N) is 4. The number of amides is 1. The molecule has 1 aliphatic carbocycles. The summed E-state index contributed by atoms with van der Waals surface area (Å²) in [4.78, 5) is 12.4. The number of halogens is 1. The SMILES string of the molecule is Cl.NCC1CCCC1NC(=O)c1cccc(-n2cnnn2)c1. The van der Waals surface area contributed by atoms with Gasteiger partial charge in [-0.15, -0.1) is 17.5 Å². The number of nitrogens with two attached hydrogens (primary N) is 1. The number of rotatable bonds is 4. The zero-order valence-corrected chi connectivity index (χ0v) is 12.9. The summed E-state index contributed by atoms with van der Waals surface area (Å²) in [6, 6.07) is 7.42. The topological polar surface area (TPSA) is 98.7 Å². The van der Waals surface area contributed by atoms with Gasteiger partial charge in [-0.05, 0) is 53.9 Å². The van der Waals surface area contributed by atoms with Crippen LogP contribution in [0.2, 0.25) is 0 Å². The number of aromatic nitrogens is 4. The summed E-state index contributed by atoms with van der Waals surface area (Å²) in [7, 11) is 0. The fourth-order valence-corrected chi connectivity index (χ4v) is 2.83. The molecule has 0 aliphatic heterocycles. The molecule has 3 rings (SSSR count). The Balaban J connectivity index is 0.00000176. The molecule has 1 saturated carbocycles. The van der Waals surface area contributed by atoms with Crippen molar-refractivity contribution < 1.29 is 4.79 Å². The molecule has 2 atom stereocenters. The molecule has 0 spiro atoms. The van der Waals surface area contributed by atoms with Gasteiger partial charge >= 0.3 is 0 Å². The van der Waals surface area contributed by atoms with Crippen LogP contribution in [0, 0.1) is 5.92 Å². The summed E-state index contributed by atoms with van der Waals surface area (Å²) in [5, 5.41) is 14.1. The van der Waals surface area contributed by atoms with E-state index >= 15 is 0 Å². The first-order valence-electron chi connectivity index (χ1n) is 7.12. The predicted molar refractivity (Wildman–Crippen MR) is 84.1 cm³/mol. The molecule has 0 radical (unpaired) electrons. The highest BCUT2D eigenvalue weighted by Gasteiger charge is 2.27. The number of benzene rings is 1. The van der Waals surface area contributed by atoms with E-state index in [0.29, 0.717) is 18.0 Å². The zero-order chi connectivity index (χ0) is 14.7. The Hall–Kier alpha value is -1.99. The maximum Gasteiger partial charge on any atom is 0.251 e. The van der Waals surface area contributed by atoms with E-state index < -0.39 is 0 Å². The Kier molecular flexibility index (Phi) is 5.46. The standard InChI is InChI=1S/C14H18N6O.ClH/c15-8-11-4-2-6-13(11)17-14(21)10-3-1-5-12(7-10)20-9-16-18-19-20;/h1,3,5,7,9,11,13H,2,4,6,8,15H2,(H,17,21);1H. The van der Waals surface area contributed by atoms with Crippen molar-refractivity contribution in [2.24, 2.45) is 11.7 Å². The molecule has 1 amide bonds. The molecular weight excluding hydrogens is 304 g/mol. The van der Waals surface area contributed by atoms with Crippen LogP contribution in [0.25, 0.3) is 5.69 Å².